The summed E-state index contributed by atoms with van der Waals surface area (Å²) in [6.45, 7) is 6.69. The van der Waals surface area contributed by atoms with Gasteiger partial charge in [0.1, 0.15) is 0 Å². The molecule has 0 aliphatic heterocycles. The van der Waals surface area contributed by atoms with Gasteiger partial charge in [0.2, 0.25) is 13.6 Å². The van der Waals surface area contributed by atoms with Crippen LogP contribution in [0.15, 0.2) is 59.5 Å². The number of hydrogen-bond acceptors (Lipinski definition) is 2. The zero-order valence-electron chi connectivity index (χ0n) is 16.1. The SMILES string of the molecule is CCC(C)C(C#C[I+]c1ccccc1)CCNS(=O)(=O)c1ccc(C)cc1. The van der Waals surface area contributed by atoms with E-state index in [1.807, 2.05) is 37.3 Å². The molecule has 2 rings (SSSR count). The van der Waals surface area contributed by atoms with Crippen molar-refractivity contribution in [2.24, 2.45) is 11.8 Å². The van der Waals surface area contributed by atoms with Crippen LogP contribution in [0.5, 0.6) is 0 Å². The van der Waals surface area contributed by atoms with Crippen LogP contribution in [0.2, 0.25) is 0 Å². The average Bonchev–Trinajstić information content (AvgIpc) is 2.67. The molecular weight excluding hydrogens is 469 g/mol. The van der Waals surface area contributed by atoms with E-state index in [1.165, 1.54) is 3.57 Å². The van der Waals surface area contributed by atoms with Crippen LogP contribution in [-0.4, -0.2) is 15.0 Å². The summed E-state index contributed by atoms with van der Waals surface area (Å²) in [5.74, 6) is 4.07. The Morgan fingerprint density at radius 1 is 1.07 bits per heavy atom. The monoisotopic (exact) mass is 496 g/mol. The second-order valence-electron chi connectivity index (χ2n) is 6.62. The molecule has 0 amide bonds. The molecule has 0 aromatic heterocycles. The maximum atomic E-state index is 12.4. The van der Waals surface area contributed by atoms with Crippen LogP contribution >= 0.6 is 0 Å². The number of aryl methyl sites for hydroxylation is 1. The molecule has 27 heavy (non-hydrogen) atoms. The Morgan fingerprint density at radius 2 is 1.74 bits per heavy atom. The van der Waals surface area contributed by atoms with Crippen LogP contribution in [0.1, 0.15) is 32.3 Å². The first-order valence-corrected chi connectivity index (χ1v) is 12.8. The van der Waals surface area contributed by atoms with E-state index in [-0.39, 0.29) is 27.1 Å². The molecule has 2 atom stereocenters. The Balaban J connectivity index is 1.95. The lowest BCUT2D eigenvalue weighted by Gasteiger charge is -2.17. The molecule has 3 nitrogen and oxygen atoms in total. The zero-order valence-corrected chi connectivity index (χ0v) is 19.0. The van der Waals surface area contributed by atoms with Gasteiger partial charge in [-0.25, -0.2) is 13.1 Å². The fourth-order valence-electron chi connectivity index (χ4n) is 2.56. The summed E-state index contributed by atoms with van der Waals surface area (Å²) in [4.78, 5) is 0.314. The fraction of sp³-hybridized carbons (Fsp3) is 0.364. The molecule has 2 aromatic carbocycles. The summed E-state index contributed by atoms with van der Waals surface area (Å²) in [7, 11) is -3.46. The molecule has 0 heterocycles. The molecule has 0 bridgehead atoms. The molecule has 0 spiro atoms. The first-order valence-electron chi connectivity index (χ1n) is 9.18. The predicted octanol–water partition coefficient (Wildman–Crippen LogP) is 1.25. The number of sulfonamides is 1. The molecular formula is C22H27INO2S+. The Hall–Kier alpha value is -1.36. The Kier molecular flexibility index (Phi) is 8.81. The van der Waals surface area contributed by atoms with Crippen LogP contribution in [0.3, 0.4) is 0 Å². The summed E-state index contributed by atoms with van der Waals surface area (Å²) >= 11 is -0.316. The minimum atomic E-state index is -3.46. The molecule has 2 aromatic rings. The largest absolute Gasteiger partial charge is 0.419 e. The molecule has 0 aliphatic rings. The van der Waals surface area contributed by atoms with Gasteiger partial charge in [-0.3, -0.25) is 0 Å². The summed E-state index contributed by atoms with van der Waals surface area (Å²) in [5.41, 5.74) is 1.04. The smallest absolute Gasteiger partial charge is 0.211 e. The van der Waals surface area contributed by atoms with Crippen molar-refractivity contribution in [2.45, 2.75) is 38.5 Å². The van der Waals surface area contributed by atoms with Gasteiger partial charge in [-0.1, -0.05) is 56.2 Å². The van der Waals surface area contributed by atoms with Crippen LogP contribution < -0.4 is 25.9 Å². The Labute approximate surface area is 174 Å². The van der Waals surface area contributed by atoms with Gasteiger partial charge >= 0.3 is 21.2 Å². The van der Waals surface area contributed by atoms with Gasteiger partial charge < -0.3 is 0 Å². The topological polar surface area (TPSA) is 46.2 Å². The second-order valence-corrected chi connectivity index (χ2v) is 10.7. The average molecular weight is 496 g/mol. The van der Waals surface area contributed by atoms with Crippen molar-refractivity contribution in [3.63, 3.8) is 0 Å². The van der Waals surface area contributed by atoms with Crippen LogP contribution in [0, 0.1) is 32.2 Å². The quantitative estimate of drug-likeness (QED) is 0.442. The van der Waals surface area contributed by atoms with Gasteiger partial charge in [-0.05, 0) is 49.4 Å². The lowest BCUT2D eigenvalue weighted by atomic mass is 9.90. The van der Waals surface area contributed by atoms with E-state index in [4.69, 9.17) is 0 Å². The number of hydrogen-bond donors (Lipinski definition) is 1. The van der Waals surface area contributed by atoms with E-state index in [1.54, 1.807) is 12.1 Å². The van der Waals surface area contributed by atoms with Gasteiger partial charge in [-0.15, -0.1) is 0 Å². The van der Waals surface area contributed by atoms with Crippen molar-refractivity contribution in [3.8, 4) is 9.85 Å². The predicted molar refractivity (Wildman–Crippen MR) is 107 cm³/mol. The first-order chi connectivity index (χ1) is 12.9. The van der Waals surface area contributed by atoms with Crippen molar-refractivity contribution in [2.75, 3.05) is 6.54 Å². The molecule has 0 saturated heterocycles. The highest BCUT2D eigenvalue weighted by molar-refractivity contribution is 7.89. The summed E-state index contributed by atoms with van der Waals surface area (Å²) in [6.07, 6.45) is 1.76. The highest BCUT2D eigenvalue weighted by Gasteiger charge is 2.18. The number of nitrogens with one attached hydrogen (secondary N) is 1. The van der Waals surface area contributed by atoms with Gasteiger partial charge in [0, 0.05) is 12.5 Å². The lowest BCUT2D eigenvalue weighted by molar-refractivity contribution is -0.535. The van der Waals surface area contributed by atoms with E-state index < -0.39 is 10.0 Å². The molecule has 0 radical (unpaired) electrons. The van der Waals surface area contributed by atoms with Crippen molar-refractivity contribution in [3.05, 3.63) is 63.7 Å². The molecule has 2 unspecified atom stereocenters. The highest BCUT2D eigenvalue weighted by Crippen LogP contribution is 2.18. The maximum Gasteiger partial charge on any atom is 0.419 e. The Morgan fingerprint density at radius 3 is 2.37 bits per heavy atom. The van der Waals surface area contributed by atoms with Crippen molar-refractivity contribution < 1.29 is 29.6 Å². The summed E-state index contributed by atoms with van der Waals surface area (Å²) in [6, 6.07) is 17.3. The van der Waals surface area contributed by atoms with Crippen LogP contribution in [-0.2, 0) is 10.0 Å². The third-order valence-corrected chi connectivity index (χ3v) is 7.94. The number of halogens is 1. The van der Waals surface area contributed by atoms with Crippen LogP contribution in [0.25, 0.3) is 0 Å². The van der Waals surface area contributed by atoms with Gasteiger partial charge in [0.05, 0.1) is 4.90 Å². The van der Waals surface area contributed by atoms with E-state index in [0.717, 1.165) is 18.4 Å². The van der Waals surface area contributed by atoms with Gasteiger partial charge in [0.25, 0.3) is 0 Å². The van der Waals surface area contributed by atoms with Gasteiger partial charge in [0.15, 0.2) is 3.93 Å². The second kappa shape index (κ2) is 10.8. The van der Waals surface area contributed by atoms with Crippen LogP contribution in [0.4, 0.5) is 0 Å². The molecule has 5 heteroatoms. The minimum absolute atomic E-state index is 0.208. The minimum Gasteiger partial charge on any atom is -0.211 e. The van der Waals surface area contributed by atoms with Crippen molar-refractivity contribution in [1.82, 2.24) is 4.72 Å². The maximum absolute atomic E-state index is 12.4. The number of rotatable bonds is 8. The van der Waals surface area contributed by atoms with Crippen molar-refractivity contribution >= 4 is 10.0 Å². The van der Waals surface area contributed by atoms with E-state index in [0.29, 0.717) is 17.4 Å². The molecule has 1 N–H and O–H groups in total. The Bertz CT molecular complexity index is 868. The standard InChI is InChI=1S/C22H27INO2S/c1-4-19(3)20(14-16-23-21-8-6-5-7-9-21)15-17-24-27(25,26)22-12-10-18(2)11-13-22/h5-13,19-20,24H,4,15,17H2,1-3H3/q+1. The molecule has 0 saturated carbocycles. The number of benzene rings is 2. The molecule has 0 aliphatic carbocycles. The third kappa shape index (κ3) is 7.28. The van der Waals surface area contributed by atoms with E-state index in [9.17, 15) is 8.42 Å². The summed E-state index contributed by atoms with van der Waals surface area (Å²) < 4.78 is 32.3. The van der Waals surface area contributed by atoms with E-state index in [2.05, 4.69) is 40.5 Å². The molecule has 144 valence electrons. The van der Waals surface area contributed by atoms with Gasteiger partial charge in [-0.2, -0.15) is 0 Å². The first kappa shape index (κ1) is 21.9. The third-order valence-electron chi connectivity index (χ3n) is 4.54. The zero-order chi connectivity index (χ0) is 19.7. The van der Waals surface area contributed by atoms with E-state index >= 15 is 0 Å². The normalized spacial score (nSPS) is 13.4. The summed E-state index contributed by atoms with van der Waals surface area (Å²) in [5, 5.41) is 0. The van der Waals surface area contributed by atoms with Crippen molar-refractivity contribution in [1.29, 1.82) is 0 Å². The fourth-order valence-corrected chi connectivity index (χ4v) is 5.25. The highest BCUT2D eigenvalue weighted by atomic mass is 127. The molecule has 0 fully saturated rings. The lowest BCUT2D eigenvalue weighted by Crippen LogP contribution is -3.59.